The van der Waals surface area contributed by atoms with Crippen molar-refractivity contribution in [1.82, 2.24) is 4.90 Å². The lowest BCUT2D eigenvalue weighted by Gasteiger charge is -2.37. The minimum Gasteiger partial charge on any atom is -0.497 e. The lowest BCUT2D eigenvalue weighted by atomic mass is 9.71. The topological polar surface area (TPSA) is 96.4 Å². The molecule has 184 valence electrons. The maximum atomic E-state index is 14.2. The second-order valence-corrected chi connectivity index (χ2v) is 10.5. The van der Waals surface area contributed by atoms with Crippen LogP contribution in [0.4, 0.5) is 5.69 Å². The van der Waals surface area contributed by atoms with Crippen LogP contribution in [0.25, 0.3) is 0 Å². The summed E-state index contributed by atoms with van der Waals surface area (Å²) in [5.41, 5.74) is 0.680. The van der Waals surface area contributed by atoms with Gasteiger partial charge in [0, 0.05) is 30.6 Å². The van der Waals surface area contributed by atoms with Crippen LogP contribution in [0.15, 0.2) is 36.9 Å². The summed E-state index contributed by atoms with van der Waals surface area (Å²) in [5, 5.41) is 9.43. The zero-order valence-corrected chi connectivity index (χ0v) is 20.5. The van der Waals surface area contributed by atoms with E-state index >= 15 is 0 Å². The van der Waals surface area contributed by atoms with Gasteiger partial charge in [0.2, 0.25) is 5.91 Å². The number of thioether (sulfide) groups is 1. The van der Waals surface area contributed by atoms with E-state index < -0.39 is 22.6 Å². The molecule has 1 N–H and O–H groups in total. The van der Waals surface area contributed by atoms with Crippen LogP contribution in [-0.4, -0.2) is 77.2 Å². The first-order chi connectivity index (χ1) is 16.4. The molecule has 5 atom stereocenters. The molecule has 0 radical (unpaired) electrons. The third-order valence-electron chi connectivity index (χ3n) is 7.11. The van der Waals surface area contributed by atoms with E-state index in [4.69, 9.17) is 9.47 Å². The Kier molecular flexibility index (Phi) is 7.23. The van der Waals surface area contributed by atoms with Gasteiger partial charge in [0.05, 0.1) is 30.3 Å². The van der Waals surface area contributed by atoms with E-state index in [9.17, 15) is 19.5 Å². The van der Waals surface area contributed by atoms with E-state index in [2.05, 4.69) is 6.58 Å². The number of rotatable bonds is 10. The molecule has 2 bridgehead atoms. The molecule has 0 aromatic heterocycles. The molecule has 34 heavy (non-hydrogen) atoms. The summed E-state index contributed by atoms with van der Waals surface area (Å²) >= 11 is 1.61. The first kappa shape index (κ1) is 24.6. The van der Waals surface area contributed by atoms with Gasteiger partial charge in [-0.05, 0) is 50.5 Å². The van der Waals surface area contributed by atoms with Crippen molar-refractivity contribution in [1.29, 1.82) is 0 Å². The van der Waals surface area contributed by atoms with Crippen LogP contribution in [-0.2, 0) is 19.1 Å². The maximum absolute atomic E-state index is 14.2. The minimum atomic E-state index is -0.729. The fourth-order valence-electron chi connectivity index (χ4n) is 5.78. The second kappa shape index (κ2) is 10.00. The van der Waals surface area contributed by atoms with Gasteiger partial charge in [-0.15, -0.1) is 18.3 Å². The molecule has 2 unspecified atom stereocenters. The second-order valence-electron chi connectivity index (χ2n) is 8.85. The van der Waals surface area contributed by atoms with Gasteiger partial charge in [0.15, 0.2) is 0 Å². The Morgan fingerprint density at radius 3 is 2.71 bits per heavy atom. The number of amides is 2. The summed E-state index contributed by atoms with van der Waals surface area (Å²) in [6.45, 7) is 6.28. The van der Waals surface area contributed by atoms with Gasteiger partial charge >= 0.3 is 5.97 Å². The van der Waals surface area contributed by atoms with Crippen molar-refractivity contribution in [3.8, 4) is 5.75 Å². The van der Waals surface area contributed by atoms with Gasteiger partial charge in [-0.3, -0.25) is 14.4 Å². The molecule has 3 aliphatic rings. The molecule has 1 aromatic carbocycles. The number of carbonyl (C=O) groups excluding carboxylic acids is 3. The van der Waals surface area contributed by atoms with Crippen LogP contribution >= 0.6 is 11.8 Å². The summed E-state index contributed by atoms with van der Waals surface area (Å²) in [6.07, 6.45) is 3.47. The van der Waals surface area contributed by atoms with Crippen LogP contribution in [0.2, 0.25) is 0 Å². The van der Waals surface area contributed by atoms with Crippen LogP contribution < -0.4 is 9.64 Å². The van der Waals surface area contributed by atoms with Gasteiger partial charge in [0.1, 0.15) is 11.8 Å². The predicted octanol–water partition coefficient (Wildman–Crippen LogP) is 2.25. The van der Waals surface area contributed by atoms with Crippen LogP contribution in [0, 0.1) is 11.8 Å². The summed E-state index contributed by atoms with van der Waals surface area (Å²) < 4.78 is 9.90. The maximum Gasteiger partial charge on any atom is 0.310 e. The van der Waals surface area contributed by atoms with E-state index in [0.717, 1.165) is 6.42 Å². The SMILES string of the molecule is C=CCN(C(=O)C1N(CCCO)C(=O)[C@@H]2[C@H](C(=O)OCC)[C@@H]3CCC12S3)c1ccc(OC)cc1. The average Bonchev–Trinajstić information content (AvgIpc) is 3.48. The van der Waals surface area contributed by atoms with E-state index in [1.807, 2.05) is 12.1 Å². The molecule has 0 aliphatic carbocycles. The molecule has 1 aromatic rings. The van der Waals surface area contributed by atoms with E-state index in [1.54, 1.807) is 53.8 Å². The molecule has 3 saturated heterocycles. The highest BCUT2D eigenvalue weighted by molar-refractivity contribution is 8.02. The van der Waals surface area contributed by atoms with E-state index in [-0.39, 0.29) is 49.3 Å². The van der Waals surface area contributed by atoms with Crippen molar-refractivity contribution in [2.45, 2.75) is 42.2 Å². The Morgan fingerprint density at radius 1 is 1.35 bits per heavy atom. The lowest BCUT2D eigenvalue weighted by Crippen LogP contribution is -2.55. The fraction of sp³-hybridized carbons (Fsp3) is 0.560. The van der Waals surface area contributed by atoms with Crippen LogP contribution in [0.3, 0.4) is 0 Å². The Bertz CT molecular complexity index is 953. The first-order valence-electron chi connectivity index (χ1n) is 11.8. The molecule has 1 spiro atoms. The molecular formula is C25H32N2O6S. The van der Waals surface area contributed by atoms with Gasteiger partial charge in [-0.1, -0.05) is 6.08 Å². The Hall–Kier alpha value is -2.52. The quantitative estimate of drug-likeness (QED) is 0.399. The Labute approximate surface area is 204 Å². The number of carbonyl (C=O) groups is 3. The molecule has 9 heteroatoms. The third kappa shape index (κ3) is 3.88. The first-order valence-corrected chi connectivity index (χ1v) is 12.6. The number of benzene rings is 1. The molecule has 2 amide bonds. The number of esters is 1. The zero-order valence-electron chi connectivity index (χ0n) is 19.6. The molecule has 3 heterocycles. The molecular weight excluding hydrogens is 456 g/mol. The van der Waals surface area contributed by atoms with Crippen LogP contribution in [0.5, 0.6) is 5.75 Å². The summed E-state index contributed by atoms with van der Waals surface area (Å²) in [5.74, 6) is -1.20. The highest BCUT2D eigenvalue weighted by atomic mass is 32.2. The van der Waals surface area contributed by atoms with Gasteiger partial charge in [-0.25, -0.2) is 0 Å². The Balaban J connectivity index is 1.74. The molecule has 0 saturated carbocycles. The number of ether oxygens (including phenoxy) is 2. The summed E-state index contributed by atoms with van der Waals surface area (Å²) in [4.78, 5) is 44.0. The monoisotopic (exact) mass is 488 g/mol. The number of likely N-dealkylation sites (tertiary alicyclic amines) is 1. The number of anilines is 1. The smallest absolute Gasteiger partial charge is 0.310 e. The number of aliphatic hydroxyl groups is 1. The number of fused-ring (bicyclic) bond motifs is 1. The predicted molar refractivity (Wildman–Crippen MR) is 130 cm³/mol. The average molecular weight is 489 g/mol. The van der Waals surface area contributed by atoms with Crippen molar-refractivity contribution in [2.24, 2.45) is 11.8 Å². The number of hydrogen-bond donors (Lipinski definition) is 1. The van der Waals surface area contributed by atoms with Gasteiger partial charge < -0.3 is 24.4 Å². The van der Waals surface area contributed by atoms with Crippen molar-refractivity contribution in [3.63, 3.8) is 0 Å². The van der Waals surface area contributed by atoms with E-state index in [0.29, 0.717) is 24.3 Å². The molecule has 4 rings (SSSR count). The molecule has 8 nitrogen and oxygen atoms in total. The standard InChI is InChI=1S/C25H32N2O6S/c1-4-13-26(16-7-9-17(32-3)10-8-16)23(30)21-25-12-11-18(34-25)19(24(31)33-5-2)20(25)22(29)27(21)14-6-15-28/h4,7-10,18-21,28H,1,5-6,11-15H2,2-3H3/t18-,19+,20-,21?,25?/m0/s1. The minimum absolute atomic E-state index is 0.0304. The van der Waals surface area contributed by atoms with Gasteiger partial charge in [-0.2, -0.15) is 0 Å². The van der Waals surface area contributed by atoms with Crippen molar-refractivity contribution < 1.29 is 29.0 Å². The third-order valence-corrected chi connectivity index (χ3v) is 9.06. The number of hydrogen-bond acceptors (Lipinski definition) is 7. The highest BCUT2D eigenvalue weighted by Gasteiger charge is 2.74. The number of aliphatic hydroxyl groups excluding tert-OH is 1. The molecule has 3 fully saturated rings. The summed E-state index contributed by atoms with van der Waals surface area (Å²) in [6, 6.07) is 6.47. The normalized spacial score (nSPS) is 29.1. The van der Waals surface area contributed by atoms with Crippen LogP contribution in [0.1, 0.15) is 26.2 Å². The highest BCUT2D eigenvalue weighted by Crippen LogP contribution is 2.66. The van der Waals surface area contributed by atoms with Gasteiger partial charge in [0.25, 0.3) is 5.91 Å². The number of nitrogens with zero attached hydrogens (tertiary/aromatic N) is 2. The van der Waals surface area contributed by atoms with Crippen molar-refractivity contribution in [3.05, 3.63) is 36.9 Å². The van der Waals surface area contributed by atoms with Crippen molar-refractivity contribution in [2.75, 3.05) is 38.3 Å². The zero-order chi connectivity index (χ0) is 24.5. The van der Waals surface area contributed by atoms with E-state index in [1.165, 1.54) is 0 Å². The summed E-state index contributed by atoms with van der Waals surface area (Å²) in [7, 11) is 1.58. The Morgan fingerprint density at radius 2 is 2.09 bits per heavy atom. The lowest BCUT2D eigenvalue weighted by molar-refractivity contribution is -0.153. The number of methoxy groups -OCH3 is 1. The largest absolute Gasteiger partial charge is 0.497 e. The van der Waals surface area contributed by atoms with Crippen molar-refractivity contribution >= 4 is 35.2 Å². The molecule has 3 aliphatic heterocycles. The fourth-order valence-corrected chi connectivity index (χ4v) is 7.98.